The van der Waals surface area contributed by atoms with Crippen molar-refractivity contribution in [1.29, 1.82) is 0 Å². The van der Waals surface area contributed by atoms with Gasteiger partial charge >= 0.3 is 5.97 Å². The topological polar surface area (TPSA) is 57.5 Å². The monoisotopic (exact) mass is 166 g/mol. The summed E-state index contributed by atoms with van der Waals surface area (Å²) in [6.45, 7) is 0. The Morgan fingerprint density at radius 1 is 1.50 bits per heavy atom. The second kappa shape index (κ2) is 5.50. The molecular formula is C6H11ClO3. The zero-order chi connectivity index (χ0) is 7.98. The maximum absolute atomic E-state index is 9.95. The number of carboxylic acids is 1. The summed E-state index contributed by atoms with van der Waals surface area (Å²) in [5.41, 5.74) is -0.825. The number of hydrogen-bond acceptors (Lipinski definition) is 2. The molecule has 0 amide bonds. The normalized spacial score (nSPS) is 13.0. The molecular weight excluding hydrogens is 156 g/mol. The Morgan fingerprint density at radius 3 is 2.50 bits per heavy atom. The molecule has 0 radical (unpaired) electrons. The minimum absolute atomic E-state index is 0.156. The molecule has 0 unspecified atom stereocenters. The van der Waals surface area contributed by atoms with E-state index in [-0.39, 0.29) is 6.42 Å². The molecule has 10 heavy (non-hydrogen) atoms. The summed E-state index contributed by atoms with van der Waals surface area (Å²) < 4.78 is 0. The average Bonchev–Trinajstić information content (AvgIpc) is 1.79. The molecule has 0 saturated carbocycles. The first-order valence-corrected chi connectivity index (χ1v) is 3.60. The van der Waals surface area contributed by atoms with Crippen molar-refractivity contribution in [2.75, 3.05) is 0 Å². The summed E-state index contributed by atoms with van der Waals surface area (Å²) in [5, 5.41) is 16.7. The molecule has 4 heteroatoms. The van der Waals surface area contributed by atoms with Gasteiger partial charge < -0.3 is 10.2 Å². The summed E-state index contributed by atoms with van der Waals surface area (Å²) in [7, 11) is 0. The van der Waals surface area contributed by atoms with Gasteiger partial charge in [0, 0.05) is 6.42 Å². The fraction of sp³-hybridized carbons (Fsp3) is 0.833. The highest BCUT2D eigenvalue weighted by atomic mass is 35.5. The molecule has 0 aliphatic rings. The van der Waals surface area contributed by atoms with Gasteiger partial charge in [0.25, 0.3) is 0 Å². The van der Waals surface area contributed by atoms with Gasteiger partial charge in [-0.15, -0.1) is 0 Å². The maximum atomic E-state index is 9.95. The Morgan fingerprint density at radius 2 is 2.10 bits per heavy atom. The average molecular weight is 167 g/mol. The predicted molar refractivity (Wildman–Crippen MR) is 38.0 cm³/mol. The van der Waals surface area contributed by atoms with E-state index in [1.165, 1.54) is 0 Å². The van der Waals surface area contributed by atoms with Crippen LogP contribution < -0.4 is 0 Å². The van der Waals surface area contributed by atoms with Crippen molar-refractivity contribution in [3.63, 3.8) is 0 Å². The standard InChI is InChI=1S/C6H11ClO3/c7-5(8)3-1-2-4-6(9)10/h5,8H,1-4H2,(H,9,10)/t5-/m0/s1. The van der Waals surface area contributed by atoms with Crippen LogP contribution in [0.2, 0.25) is 0 Å². The Labute approximate surface area is 64.6 Å². The number of aliphatic hydroxyl groups is 1. The maximum Gasteiger partial charge on any atom is 0.303 e. The van der Waals surface area contributed by atoms with Crippen molar-refractivity contribution in [1.82, 2.24) is 0 Å². The van der Waals surface area contributed by atoms with Gasteiger partial charge in [0.15, 0.2) is 0 Å². The van der Waals surface area contributed by atoms with E-state index in [2.05, 4.69) is 0 Å². The molecule has 0 aliphatic carbocycles. The van der Waals surface area contributed by atoms with Gasteiger partial charge in [0.1, 0.15) is 5.56 Å². The first-order valence-electron chi connectivity index (χ1n) is 3.17. The minimum atomic E-state index is -0.825. The molecule has 0 heterocycles. The molecule has 0 aromatic rings. The Bertz CT molecular complexity index is 103. The fourth-order valence-electron chi connectivity index (χ4n) is 0.589. The van der Waals surface area contributed by atoms with Gasteiger partial charge in [-0.2, -0.15) is 0 Å². The number of aliphatic hydroxyl groups excluding tert-OH is 1. The number of aliphatic carboxylic acids is 1. The molecule has 2 N–H and O–H groups in total. The lowest BCUT2D eigenvalue weighted by atomic mass is 10.2. The van der Waals surface area contributed by atoms with Gasteiger partial charge in [-0.1, -0.05) is 11.6 Å². The first-order chi connectivity index (χ1) is 4.63. The molecule has 0 aliphatic heterocycles. The molecule has 0 bridgehead atoms. The van der Waals surface area contributed by atoms with Crippen LogP contribution in [0.4, 0.5) is 0 Å². The van der Waals surface area contributed by atoms with Crippen molar-refractivity contribution < 1.29 is 15.0 Å². The molecule has 1 atom stereocenters. The third-order valence-electron chi connectivity index (χ3n) is 1.08. The van der Waals surface area contributed by atoms with E-state index in [1.54, 1.807) is 0 Å². The zero-order valence-electron chi connectivity index (χ0n) is 5.59. The lowest BCUT2D eigenvalue weighted by Crippen LogP contribution is -1.97. The molecule has 60 valence electrons. The van der Waals surface area contributed by atoms with Crippen molar-refractivity contribution in [2.45, 2.75) is 31.2 Å². The van der Waals surface area contributed by atoms with Crippen molar-refractivity contribution in [2.24, 2.45) is 0 Å². The van der Waals surface area contributed by atoms with E-state index in [0.717, 1.165) is 0 Å². The number of alkyl halides is 1. The molecule has 0 spiro atoms. The van der Waals surface area contributed by atoms with Crippen LogP contribution in [-0.4, -0.2) is 21.7 Å². The fourth-order valence-corrected chi connectivity index (χ4v) is 0.743. The second-order valence-corrected chi connectivity index (χ2v) is 2.58. The van der Waals surface area contributed by atoms with E-state index in [9.17, 15) is 4.79 Å². The van der Waals surface area contributed by atoms with Crippen molar-refractivity contribution in [3.05, 3.63) is 0 Å². The van der Waals surface area contributed by atoms with Crippen LogP contribution in [0, 0.1) is 0 Å². The van der Waals surface area contributed by atoms with Crippen molar-refractivity contribution >= 4 is 17.6 Å². The third kappa shape index (κ3) is 7.72. The summed E-state index contributed by atoms with van der Waals surface area (Å²) in [6.07, 6.45) is 1.87. The highest BCUT2D eigenvalue weighted by Gasteiger charge is 1.99. The van der Waals surface area contributed by atoms with Crippen LogP contribution >= 0.6 is 11.6 Å². The van der Waals surface area contributed by atoms with Crippen LogP contribution in [0.25, 0.3) is 0 Å². The third-order valence-corrected chi connectivity index (χ3v) is 1.30. The van der Waals surface area contributed by atoms with Gasteiger partial charge in [0.2, 0.25) is 0 Å². The zero-order valence-corrected chi connectivity index (χ0v) is 6.34. The highest BCUT2D eigenvalue weighted by molar-refractivity contribution is 6.19. The molecule has 3 nitrogen and oxygen atoms in total. The lowest BCUT2D eigenvalue weighted by Gasteiger charge is -1.98. The van der Waals surface area contributed by atoms with E-state index in [4.69, 9.17) is 21.8 Å². The second-order valence-electron chi connectivity index (χ2n) is 2.07. The smallest absolute Gasteiger partial charge is 0.303 e. The number of halogens is 1. The molecule has 0 fully saturated rings. The van der Waals surface area contributed by atoms with Gasteiger partial charge in [-0.05, 0) is 19.3 Å². The largest absolute Gasteiger partial charge is 0.481 e. The van der Waals surface area contributed by atoms with E-state index in [0.29, 0.717) is 19.3 Å². The van der Waals surface area contributed by atoms with Crippen LogP contribution in [0.1, 0.15) is 25.7 Å². The minimum Gasteiger partial charge on any atom is -0.481 e. The molecule has 0 rings (SSSR count). The van der Waals surface area contributed by atoms with Crippen molar-refractivity contribution in [3.8, 4) is 0 Å². The van der Waals surface area contributed by atoms with E-state index >= 15 is 0 Å². The van der Waals surface area contributed by atoms with Crippen LogP contribution in [-0.2, 0) is 4.79 Å². The predicted octanol–water partition coefficient (Wildman–Crippen LogP) is 1.19. The number of hydrogen-bond donors (Lipinski definition) is 2. The summed E-state index contributed by atoms with van der Waals surface area (Å²) in [6, 6.07) is 0. The first kappa shape index (κ1) is 9.72. The van der Waals surface area contributed by atoms with Gasteiger partial charge in [-0.25, -0.2) is 0 Å². The Kier molecular flexibility index (Phi) is 5.35. The molecule has 0 aromatic carbocycles. The molecule has 0 saturated heterocycles. The Balaban J connectivity index is 2.98. The highest BCUT2D eigenvalue weighted by Crippen LogP contribution is 2.05. The summed E-state index contributed by atoms with van der Waals surface area (Å²) >= 11 is 5.20. The number of rotatable bonds is 5. The lowest BCUT2D eigenvalue weighted by molar-refractivity contribution is -0.137. The number of unbranched alkanes of at least 4 members (excludes halogenated alkanes) is 1. The summed E-state index contributed by atoms with van der Waals surface area (Å²) in [5.74, 6) is -0.802. The van der Waals surface area contributed by atoms with Gasteiger partial charge in [-0.3, -0.25) is 4.79 Å². The van der Waals surface area contributed by atoms with Crippen LogP contribution in [0.5, 0.6) is 0 Å². The van der Waals surface area contributed by atoms with Crippen LogP contribution in [0.15, 0.2) is 0 Å². The number of carbonyl (C=O) groups is 1. The van der Waals surface area contributed by atoms with Gasteiger partial charge in [0.05, 0.1) is 0 Å². The number of carboxylic acid groups (broad SMARTS) is 1. The van der Waals surface area contributed by atoms with Crippen LogP contribution in [0.3, 0.4) is 0 Å². The van der Waals surface area contributed by atoms with E-state index < -0.39 is 11.5 Å². The quantitative estimate of drug-likeness (QED) is 0.477. The Hall–Kier alpha value is -0.280. The summed E-state index contributed by atoms with van der Waals surface area (Å²) in [4.78, 5) is 9.95. The van der Waals surface area contributed by atoms with E-state index in [1.807, 2.05) is 0 Å². The molecule has 0 aromatic heterocycles. The SMILES string of the molecule is O=C(O)CCCC[C@H](O)Cl.